The lowest BCUT2D eigenvalue weighted by Gasteiger charge is -2.12. The van der Waals surface area contributed by atoms with Gasteiger partial charge in [0.15, 0.2) is 0 Å². The second-order valence-electron chi connectivity index (χ2n) is 4.83. The highest BCUT2D eigenvalue weighted by Crippen LogP contribution is 2.33. The van der Waals surface area contributed by atoms with E-state index in [1.54, 1.807) is 0 Å². The van der Waals surface area contributed by atoms with E-state index in [0.717, 1.165) is 33.8 Å². The molecule has 0 unspecified atom stereocenters. The van der Waals surface area contributed by atoms with Gasteiger partial charge in [0.2, 0.25) is 0 Å². The minimum Gasteiger partial charge on any atom is -0.397 e. The van der Waals surface area contributed by atoms with E-state index in [-0.39, 0.29) is 0 Å². The van der Waals surface area contributed by atoms with E-state index in [4.69, 9.17) is 5.73 Å². The van der Waals surface area contributed by atoms with Gasteiger partial charge in [-0.05, 0) is 31.5 Å². The van der Waals surface area contributed by atoms with Crippen molar-refractivity contribution in [2.24, 2.45) is 0 Å². The summed E-state index contributed by atoms with van der Waals surface area (Å²) in [5.74, 6) is 0. The number of anilines is 3. The van der Waals surface area contributed by atoms with Crippen LogP contribution in [0.4, 0.5) is 17.1 Å². The first kappa shape index (κ1) is 11.7. The summed E-state index contributed by atoms with van der Waals surface area (Å²) < 4.78 is 0. The van der Waals surface area contributed by atoms with Gasteiger partial charge in [0.1, 0.15) is 0 Å². The van der Waals surface area contributed by atoms with E-state index < -0.39 is 0 Å². The molecule has 0 atom stereocenters. The molecule has 0 aliphatic rings. The van der Waals surface area contributed by atoms with Gasteiger partial charge >= 0.3 is 0 Å². The van der Waals surface area contributed by atoms with Gasteiger partial charge in [-0.25, -0.2) is 0 Å². The number of aromatic amines is 1. The third-order valence-electron chi connectivity index (χ3n) is 3.45. The molecule has 0 spiro atoms. The second-order valence-corrected chi connectivity index (χ2v) is 4.83. The number of hydrogen-bond acceptors (Lipinski definition) is 2. The Morgan fingerprint density at radius 2 is 1.74 bits per heavy atom. The van der Waals surface area contributed by atoms with E-state index in [1.165, 1.54) is 5.39 Å². The topological polar surface area (TPSA) is 53.8 Å². The number of aryl methyl sites for hydroxylation is 2. The van der Waals surface area contributed by atoms with Crippen LogP contribution in [0, 0.1) is 13.8 Å². The van der Waals surface area contributed by atoms with Gasteiger partial charge < -0.3 is 16.0 Å². The fraction of sp³-hybridized carbons (Fsp3) is 0.125. The highest BCUT2D eigenvalue weighted by molar-refractivity contribution is 5.97. The van der Waals surface area contributed by atoms with E-state index in [1.807, 2.05) is 24.3 Å². The molecule has 19 heavy (non-hydrogen) atoms. The summed E-state index contributed by atoms with van der Waals surface area (Å²) >= 11 is 0. The van der Waals surface area contributed by atoms with Crippen molar-refractivity contribution in [2.75, 3.05) is 11.1 Å². The highest BCUT2D eigenvalue weighted by Gasteiger charge is 2.10. The Kier molecular flexibility index (Phi) is 2.67. The van der Waals surface area contributed by atoms with Crippen LogP contribution in [-0.4, -0.2) is 4.98 Å². The molecule has 0 saturated heterocycles. The number of benzene rings is 2. The van der Waals surface area contributed by atoms with Crippen LogP contribution < -0.4 is 11.1 Å². The van der Waals surface area contributed by atoms with Gasteiger partial charge in [0.25, 0.3) is 0 Å². The summed E-state index contributed by atoms with van der Waals surface area (Å²) in [5.41, 5.74) is 12.3. The molecule has 1 heterocycles. The Hall–Kier alpha value is -2.42. The molecule has 3 heteroatoms. The zero-order chi connectivity index (χ0) is 13.4. The molecule has 3 rings (SSSR count). The third kappa shape index (κ3) is 1.93. The van der Waals surface area contributed by atoms with E-state index >= 15 is 0 Å². The van der Waals surface area contributed by atoms with Gasteiger partial charge in [-0.1, -0.05) is 30.3 Å². The summed E-state index contributed by atoms with van der Waals surface area (Å²) in [6, 6.07) is 14.2. The first-order chi connectivity index (χ1) is 9.16. The van der Waals surface area contributed by atoms with Crippen molar-refractivity contribution in [3.63, 3.8) is 0 Å². The lowest BCUT2D eigenvalue weighted by molar-refractivity contribution is 1.29. The molecule has 4 N–H and O–H groups in total. The standard InChI is InChI=1S/C16H17N3/c1-10-6-5-8-13(17)15(10)19-16-11(2)18-14-9-4-3-7-12(14)16/h3-9,18-19H,17H2,1-2H3. The predicted octanol–water partition coefficient (Wildman–Crippen LogP) is 4.11. The summed E-state index contributed by atoms with van der Waals surface area (Å²) in [6.45, 7) is 4.12. The third-order valence-corrected chi connectivity index (χ3v) is 3.45. The van der Waals surface area contributed by atoms with E-state index in [9.17, 15) is 0 Å². The molecule has 0 fully saturated rings. The van der Waals surface area contributed by atoms with Crippen LogP contribution in [-0.2, 0) is 0 Å². The molecule has 3 aromatic rings. The first-order valence-corrected chi connectivity index (χ1v) is 6.36. The maximum absolute atomic E-state index is 6.06. The SMILES string of the molecule is Cc1cccc(N)c1Nc1c(C)[nH]c2ccccc12. The lowest BCUT2D eigenvalue weighted by Crippen LogP contribution is -1.99. The average Bonchev–Trinajstić information content (AvgIpc) is 2.70. The normalized spacial score (nSPS) is 10.8. The summed E-state index contributed by atoms with van der Waals surface area (Å²) in [7, 11) is 0. The van der Waals surface area contributed by atoms with Gasteiger partial charge in [0.05, 0.1) is 17.1 Å². The number of nitrogens with two attached hydrogens (primary N) is 1. The average molecular weight is 251 g/mol. The Morgan fingerprint density at radius 1 is 0.947 bits per heavy atom. The molecule has 0 radical (unpaired) electrons. The minimum absolute atomic E-state index is 0.768. The molecular formula is C16H17N3. The maximum Gasteiger partial charge on any atom is 0.0672 e. The Balaban J connectivity index is 2.13. The number of nitrogens with one attached hydrogen (secondary N) is 2. The largest absolute Gasteiger partial charge is 0.397 e. The molecule has 1 aromatic heterocycles. The minimum atomic E-state index is 0.768. The van der Waals surface area contributed by atoms with Crippen LogP contribution in [0.5, 0.6) is 0 Å². The Bertz CT molecular complexity index is 721. The first-order valence-electron chi connectivity index (χ1n) is 6.36. The smallest absolute Gasteiger partial charge is 0.0672 e. The van der Waals surface area contributed by atoms with Crippen LogP contribution in [0.25, 0.3) is 10.9 Å². The van der Waals surface area contributed by atoms with Crippen LogP contribution in [0.15, 0.2) is 42.5 Å². The summed E-state index contributed by atoms with van der Waals surface area (Å²) in [6.07, 6.45) is 0. The van der Waals surface area contributed by atoms with Crippen molar-refractivity contribution in [3.8, 4) is 0 Å². The molecule has 2 aromatic carbocycles. The zero-order valence-electron chi connectivity index (χ0n) is 11.1. The molecule has 0 aliphatic carbocycles. The van der Waals surface area contributed by atoms with Crippen LogP contribution in [0.1, 0.15) is 11.3 Å². The number of para-hydroxylation sites is 2. The van der Waals surface area contributed by atoms with E-state index in [0.29, 0.717) is 0 Å². The van der Waals surface area contributed by atoms with Crippen molar-refractivity contribution in [1.82, 2.24) is 4.98 Å². The fourth-order valence-electron chi connectivity index (χ4n) is 2.42. The number of hydrogen-bond donors (Lipinski definition) is 3. The van der Waals surface area contributed by atoms with Crippen molar-refractivity contribution in [1.29, 1.82) is 0 Å². The molecule has 0 saturated carbocycles. The molecule has 96 valence electrons. The molecule has 0 bridgehead atoms. The van der Waals surface area contributed by atoms with Crippen molar-refractivity contribution in [2.45, 2.75) is 13.8 Å². The van der Waals surface area contributed by atoms with Crippen molar-refractivity contribution < 1.29 is 0 Å². The van der Waals surface area contributed by atoms with Crippen LogP contribution >= 0.6 is 0 Å². The van der Waals surface area contributed by atoms with Gasteiger partial charge in [-0.3, -0.25) is 0 Å². The lowest BCUT2D eigenvalue weighted by atomic mass is 10.1. The number of nitrogen functional groups attached to an aromatic ring is 1. The number of H-pyrrole nitrogens is 1. The Labute approximate surface area is 112 Å². The monoisotopic (exact) mass is 251 g/mol. The number of aromatic nitrogens is 1. The Morgan fingerprint density at radius 3 is 2.53 bits per heavy atom. The number of rotatable bonds is 2. The summed E-state index contributed by atoms with van der Waals surface area (Å²) in [5, 5.41) is 4.66. The zero-order valence-corrected chi connectivity index (χ0v) is 11.1. The van der Waals surface area contributed by atoms with Gasteiger partial charge in [-0.2, -0.15) is 0 Å². The van der Waals surface area contributed by atoms with Gasteiger partial charge in [0, 0.05) is 16.6 Å². The van der Waals surface area contributed by atoms with Crippen LogP contribution in [0.2, 0.25) is 0 Å². The molecule has 0 aliphatic heterocycles. The van der Waals surface area contributed by atoms with E-state index in [2.05, 4.69) is 42.3 Å². The van der Waals surface area contributed by atoms with Crippen molar-refractivity contribution in [3.05, 3.63) is 53.7 Å². The highest BCUT2D eigenvalue weighted by atomic mass is 14.9. The molecule has 3 nitrogen and oxygen atoms in total. The molecule has 0 amide bonds. The van der Waals surface area contributed by atoms with Crippen molar-refractivity contribution >= 4 is 28.0 Å². The fourth-order valence-corrected chi connectivity index (χ4v) is 2.42. The maximum atomic E-state index is 6.06. The summed E-state index contributed by atoms with van der Waals surface area (Å²) in [4.78, 5) is 3.38. The molecular weight excluding hydrogens is 234 g/mol. The van der Waals surface area contributed by atoms with Gasteiger partial charge in [-0.15, -0.1) is 0 Å². The predicted molar refractivity (Wildman–Crippen MR) is 81.9 cm³/mol. The number of fused-ring (bicyclic) bond motifs is 1. The van der Waals surface area contributed by atoms with Crippen LogP contribution in [0.3, 0.4) is 0 Å². The second kappa shape index (κ2) is 4.35. The quantitative estimate of drug-likeness (QED) is 0.600.